The highest BCUT2D eigenvalue weighted by molar-refractivity contribution is 7.86. The molecule has 1 saturated carbocycles. The fraction of sp³-hybridized carbons (Fsp3) is 0.429. The maximum Gasteiger partial charge on any atom is 0.296 e. The Morgan fingerprint density at radius 3 is 2.33 bits per heavy atom. The van der Waals surface area contributed by atoms with Gasteiger partial charge in [0.2, 0.25) is 0 Å². The van der Waals surface area contributed by atoms with Crippen molar-refractivity contribution in [2.45, 2.75) is 23.7 Å². The molecular formula is C14H16O3S. The molecule has 3 atom stereocenters. The van der Waals surface area contributed by atoms with Crippen LogP contribution in [0.2, 0.25) is 0 Å². The van der Waals surface area contributed by atoms with Gasteiger partial charge in [0.15, 0.2) is 0 Å². The van der Waals surface area contributed by atoms with Crippen LogP contribution in [0.5, 0.6) is 0 Å². The molecule has 0 aliphatic heterocycles. The highest BCUT2D eigenvalue weighted by atomic mass is 32.2. The van der Waals surface area contributed by atoms with Gasteiger partial charge in [-0.2, -0.15) is 8.42 Å². The lowest BCUT2D eigenvalue weighted by atomic mass is 9.87. The lowest BCUT2D eigenvalue weighted by Crippen LogP contribution is -2.06. The van der Waals surface area contributed by atoms with Gasteiger partial charge in [0, 0.05) is 0 Å². The Bertz CT molecular complexity index is 572. The quantitative estimate of drug-likeness (QED) is 0.622. The van der Waals surface area contributed by atoms with Crippen molar-refractivity contribution in [2.24, 2.45) is 11.8 Å². The normalized spacial score (nSPS) is 29.9. The van der Waals surface area contributed by atoms with Gasteiger partial charge in [0.25, 0.3) is 10.1 Å². The van der Waals surface area contributed by atoms with Crippen LogP contribution in [0.3, 0.4) is 0 Å². The van der Waals surface area contributed by atoms with Crippen LogP contribution in [-0.2, 0) is 14.3 Å². The van der Waals surface area contributed by atoms with Crippen molar-refractivity contribution in [3.63, 3.8) is 0 Å². The number of rotatable bonds is 3. The Balaban J connectivity index is 1.86. The van der Waals surface area contributed by atoms with Crippen molar-refractivity contribution in [3.8, 4) is 0 Å². The van der Waals surface area contributed by atoms with Crippen molar-refractivity contribution in [3.05, 3.63) is 42.0 Å². The molecule has 3 rings (SSSR count). The SMILES string of the molecule is COS(=O)(=O)c1ccc(C2CC3C=CC2C3)cc1. The van der Waals surface area contributed by atoms with Gasteiger partial charge in [-0.15, -0.1) is 0 Å². The first kappa shape index (κ1) is 11.9. The largest absolute Gasteiger partial charge is 0.296 e. The molecule has 0 amide bonds. The molecule has 0 N–H and O–H groups in total. The van der Waals surface area contributed by atoms with Crippen molar-refractivity contribution in [1.29, 1.82) is 0 Å². The summed E-state index contributed by atoms with van der Waals surface area (Å²) in [6, 6.07) is 7.13. The molecule has 4 heteroatoms. The number of allylic oxidation sites excluding steroid dienone is 2. The fourth-order valence-electron chi connectivity index (χ4n) is 3.14. The summed E-state index contributed by atoms with van der Waals surface area (Å²) in [7, 11) is -2.38. The maximum atomic E-state index is 11.5. The summed E-state index contributed by atoms with van der Waals surface area (Å²) in [5.41, 5.74) is 1.24. The molecule has 1 fully saturated rings. The van der Waals surface area contributed by atoms with E-state index in [1.807, 2.05) is 12.1 Å². The van der Waals surface area contributed by atoms with Crippen LogP contribution in [0.15, 0.2) is 41.3 Å². The first-order chi connectivity index (χ1) is 8.60. The van der Waals surface area contributed by atoms with E-state index in [4.69, 9.17) is 0 Å². The average molecular weight is 264 g/mol. The Kier molecular flexibility index (Phi) is 2.79. The highest BCUT2D eigenvalue weighted by Crippen LogP contribution is 2.48. The van der Waals surface area contributed by atoms with Crippen LogP contribution >= 0.6 is 0 Å². The molecule has 18 heavy (non-hydrogen) atoms. The number of benzene rings is 1. The van der Waals surface area contributed by atoms with E-state index in [0.717, 1.165) is 5.92 Å². The van der Waals surface area contributed by atoms with Gasteiger partial charge in [-0.05, 0) is 48.3 Å². The first-order valence-electron chi connectivity index (χ1n) is 6.19. The molecule has 3 nitrogen and oxygen atoms in total. The third-order valence-corrected chi connectivity index (χ3v) is 5.38. The van der Waals surface area contributed by atoms with Crippen LogP contribution < -0.4 is 0 Å². The van der Waals surface area contributed by atoms with Crippen LogP contribution in [0, 0.1) is 11.8 Å². The van der Waals surface area contributed by atoms with Crippen molar-refractivity contribution < 1.29 is 12.6 Å². The van der Waals surface area contributed by atoms with Gasteiger partial charge < -0.3 is 0 Å². The van der Waals surface area contributed by atoms with E-state index in [0.29, 0.717) is 11.8 Å². The van der Waals surface area contributed by atoms with E-state index < -0.39 is 10.1 Å². The summed E-state index contributed by atoms with van der Waals surface area (Å²) in [6.45, 7) is 0. The van der Waals surface area contributed by atoms with Crippen molar-refractivity contribution in [1.82, 2.24) is 0 Å². The zero-order chi connectivity index (χ0) is 12.8. The molecule has 96 valence electrons. The average Bonchev–Trinajstić information content (AvgIpc) is 3.01. The van der Waals surface area contributed by atoms with Gasteiger partial charge in [-0.3, -0.25) is 4.18 Å². The van der Waals surface area contributed by atoms with Gasteiger partial charge in [0.1, 0.15) is 0 Å². The van der Waals surface area contributed by atoms with Gasteiger partial charge in [-0.1, -0.05) is 24.3 Å². The number of hydrogen-bond donors (Lipinski definition) is 0. The van der Waals surface area contributed by atoms with E-state index in [2.05, 4.69) is 16.3 Å². The van der Waals surface area contributed by atoms with Crippen LogP contribution in [0.1, 0.15) is 24.3 Å². The minimum atomic E-state index is -3.56. The lowest BCUT2D eigenvalue weighted by Gasteiger charge is -2.18. The van der Waals surface area contributed by atoms with E-state index in [1.165, 1.54) is 25.5 Å². The van der Waals surface area contributed by atoms with E-state index in [9.17, 15) is 8.42 Å². The van der Waals surface area contributed by atoms with Crippen molar-refractivity contribution in [2.75, 3.05) is 7.11 Å². The summed E-state index contributed by atoms with van der Waals surface area (Å²) in [4.78, 5) is 0.229. The monoisotopic (exact) mass is 264 g/mol. The smallest absolute Gasteiger partial charge is 0.270 e. The van der Waals surface area contributed by atoms with E-state index >= 15 is 0 Å². The minimum Gasteiger partial charge on any atom is -0.270 e. The van der Waals surface area contributed by atoms with Crippen LogP contribution in [0.4, 0.5) is 0 Å². The summed E-state index contributed by atoms with van der Waals surface area (Å²) in [5.74, 6) is 1.92. The first-order valence-corrected chi connectivity index (χ1v) is 7.60. The Morgan fingerprint density at radius 1 is 1.11 bits per heavy atom. The topological polar surface area (TPSA) is 43.4 Å². The molecule has 0 radical (unpaired) electrons. The third kappa shape index (κ3) is 1.89. The Hall–Kier alpha value is -1.13. The summed E-state index contributed by atoms with van der Waals surface area (Å²) >= 11 is 0. The van der Waals surface area contributed by atoms with E-state index in [1.54, 1.807) is 12.1 Å². The molecule has 2 aliphatic carbocycles. The summed E-state index contributed by atoms with van der Waals surface area (Å²) < 4.78 is 27.6. The number of fused-ring (bicyclic) bond motifs is 2. The second-order valence-electron chi connectivity index (χ2n) is 5.08. The Morgan fingerprint density at radius 2 is 1.83 bits per heavy atom. The molecule has 0 spiro atoms. The summed E-state index contributed by atoms with van der Waals surface area (Å²) in [6.07, 6.45) is 7.06. The minimum absolute atomic E-state index is 0.229. The standard InChI is InChI=1S/C14H16O3S/c1-17-18(15,16)13-6-4-11(5-7-13)14-9-10-2-3-12(14)8-10/h2-7,10,12,14H,8-9H2,1H3. The molecule has 0 heterocycles. The predicted molar refractivity (Wildman–Crippen MR) is 68.7 cm³/mol. The molecule has 2 bridgehead atoms. The lowest BCUT2D eigenvalue weighted by molar-refractivity contribution is 0.397. The van der Waals surface area contributed by atoms with Crippen LogP contribution in [0.25, 0.3) is 0 Å². The van der Waals surface area contributed by atoms with E-state index in [-0.39, 0.29) is 4.90 Å². The van der Waals surface area contributed by atoms with Crippen molar-refractivity contribution >= 4 is 10.1 Å². The molecule has 0 saturated heterocycles. The predicted octanol–water partition coefficient (Wildman–Crippen LogP) is 2.70. The Labute approximate surface area is 108 Å². The zero-order valence-electron chi connectivity index (χ0n) is 10.2. The molecule has 1 aromatic carbocycles. The highest BCUT2D eigenvalue weighted by Gasteiger charge is 2.36. The number of hydrogen-bond acceptors (Lipinski definition) is 3. The second kappa shape index (κ2) is 4.21. The molecular weight excluding hydrogens is 248 g/mol. The van der Waals surface area contributed by atoms with Gasteiger partial charge in [0.05, 0.1) is 12.0 Å². The zero-order valence-corrected chi connectivity index (χ0v) is 11.1. The van der Waals surface area contributed by atoms with Gasteiger partial charge in [-0.25, -0.2) is 0 Å². The van der Waals surface area contributed by atoms with Crippen LogP contribution in [-0.4, -0.2) is 15.5 Å². The molecule has 2 aliphatic rings. The van der Waals surface area contributed by atoms with Gasteiger partial charge >= 0.3 is 0 Å². The molecule has 0 aromatic heterocycles. The molecule has 3 unspecified atom stereocenters. The molecule has 1 aromatic rings. The summed E-state index contributed by atoms with van der Waals surface area (Å²) in [5, 5.41) is 0. The fourth-order valence-corrected chi connectivity index (χ4v) is 3.80. The maximum absolute atomic E-state index is 11.5. The third-order valence-electron chi connectivity index (χ3n) is 4.10. The second-order valence-corrected chi connectivity index (χ2v) is 6.79.